The van der Waals surface area contributed by atoms with Crippen molar-refractivity contribution in [3.05, 3.63) is 22.8 Å². The smallest absolute Gasteiger partial charge is 0.189 e. The predicted octanol–water partition coefficient (Wildman–Crippen LogP) is 4.00. The Bertz CT molecular complexity index is 1030. The molecule has 0 saturated heterocycles. The Morgan fingerprint density at radius 2 is 1.89 bits per heavy atom. The lowest BCUT2D eigenvalue weighted by Crippen LogP contribution is -2.18. The van der Waals surface area contributed by atoms with Gasteiger partial charge in [-0.1, -0.05) is 23.4 Å². The number of ether oxygens (including phenoxy) is 2. The zero-order valence-corrected chi connectivity index (χ0v) is 17.3. The molecule has 0 saturated carbocycles. The van der Waals surface area contributed by atoms with E-state index >= 15 is 0 Å². The molecule has 1 aromatic carbocycles. The van der Waals surface area contributed by atoms with Crippen molar-refractivity contribution in [3.8, 4) is 11.5 Å². The average molecular weight is 425 g/mol. The van der Waals surface area contributed by atoms with Crippen LogP contribution in [0.2, 0.25) is 5.15 Å². The Hall–Kier alpha value is -1.68. The van der Waals surface area contributed by atoms with Crippen molar-refractivity contribution in [2.75, 3.05) is 19.5 Å². The molecule has 4 rings (SSSR count). The molecular weight excluding hydrogens is 408 g/mol. The second-order valence-electron chi connectivity index (χ2n) is 5.61. The van der Waals surface area contributed by atoms with Gasteiger partial charge in [-0.2, -0.15) is 0 Å². The van der Waals surface area contributed by atoms with E-state index in [9.17, 15) is 5.11 Å². The largest absolute Gasteiger partial charge is 0.490 e. The third-order valence-electron chi connectivity index (χ3n) is 4.04. The molecule has 0 amide bonds. The number of hydrogen-bond donors (Lipinski definition) is 1. The number of nitrogens with zero attached hydrogens (tertiary/aromatic N) is 4. The van der Waals surface area contributed by atoms with Crippen molar-refractivity contribution in [3.63, 3.8) is 0 Å². The van der Waals surface area contributed by atoms with Crippen molar-refractivity contribution >= 4 is 46.2 Å². The van der Waals surface area contributed by atoms with E-state index in [1.165, 1.54) is 23.5 Å². The van der Waals surface area contributed by atoms with Crippen LogP contribution in [0.3, 0.4) is 0 Å². The number of rotatable bonds is 5. The fourth-order valence-corrected chi connectivity index (χ4v) is 4.79. The summed E-state index contributed by atoms with van der Waals surface area (Å²) in [7, 11) is 0. The minimum absolute atomic E-state index is 0.243. The number of benzene rings is 1. The fraction of sp³-hybridized carbons (Fsp3) is 0.353. The van der Waals surface area contributed by atoms with Crippen molar-refractivity contribution in [1.29, 1.82) is 0 Å². The van der Waals surface area contributed by atoms with E-state index < -0.39 is 6.23 Å². The number of hydrogen-bond acceptors (Lipinski definition) is 8. The van der Waals surface area contributed by atoms with Crippen LogP contribution < -0.4 is 9.47 Å². The molecule has 3 aromatic rings. The summed E-state index contributed by atoms with van der Waals surface area (Å²) < 4.78 is 13.1. The van der Waals surface area contributed by atoms with Crippen LogP contribution in [0, 0.1) is 0 Å². The Kier molecular flexibility index (Phi) is 5.11. The number of aliphatic hydroxyl groups excluding tert-OH is 1. The number of fused-ring (bicyclic) bond motifs is 4. The van der Waals surface area contributed by atoms with Crippen molar-refractivity contribution in [2.45, 2.75) is 35.4 Å². The van der Waals surface area contributed by atoms with Crippen molar-refractivity contribution < 1.29 is 14.6 Å². The maximum Gasteiger partial charge on any atom is 0.189 e. The first kappa shape index (κ1) is 18.7. The highest BCUT2D eigenvalue weighted by Crippen LogP contribution is 2.45. The normalized spacial score (nSPS) is 15.5. The molecule has 1 aliphatic rings. The number of aliphatic hydroxyl groups is 1. The maximum absolute atomic E-state index is 11.0. The summed E-state index contributed by atoms with van der Waals surface area (Å²) in [6.07, 6.45) is 0.846. The molecule has 27 heavy (non-hydrogen) atoms. The van der Waals surface area contributed by atoms with Crippen LogP contribution in [0.4, 0.5) is 0 Å². The second-order valence-corrected chi connectivity index (χ2v) is 7.70. The number of aromatic nitrogens is 4. The van der Waals surface area contributed by atoms with Gasteiger partial charge in [0.25, 0.3) is 0 Å². The van der Waals surface area contributed by atoms with Gasteiger partial charge in [0.05, 0.1) is 29.8 Å². The van der Waals surface area contributed by atoms with Crippen LogP contribution in [0.25, 0.3) is 11.0 Å². The monoisotopic (exact) mass is 424 g/mol. The van der Waals surface area contributed by atoms with E-state index in [0.29, 0.717) is 51.1 Å². The van der Waals surface area contributed by atoms with Crippen molar-refractivity contribution in [1.82, 2.24) is 19.5 Å². The van der Waals surface area contributed by atoms with E-state index in [1.54, 1.807) is 4.57 Å². The number of halogens is 1. The zero-order valence-electron chi connectivity index (χ0n) is 14.9. The lowest BCUT2D eigenvalue weighted by atomic mass is 10.2. The minimum atomic E-state index is -1.03. The molecule has 1 atom stereocenters. The molecule has 0 aliphatic carbocycles. The van der Waals surface area contributed by atoms with E-state index in [2.05, 4.69) is 15.0 Å². The van der Waals surface area contributed by atoms with Gasteiger partial charge in [0.15, 0.2) is 28.0 Å². The van der Waals surface area contributed by atoms with Crippen LogP contribution in [-0.4, -0.2) is 44.1 Å². The molecule has 0 radical (unpaired) electrons. The molecule has 1 unspecified atom stereocenters. The highest BCUT2D eigenvalue weighted by Gasteiger charge is 2.32. The lowest BCUT2D eigenvalue weighted by Gasteiger charge is -2.24. The van der Waals surface area contributed by atoms with Crippen LogP contribution in [0.15, 0.2) is 27.5 Å². The van der Waals surface area contributed by atoms with Crippen LogP contribution in [0.5, 0.6) is 11.5 Å². The van der Waals surface area contributed by atoms with Gasteiger partial charge in [-0.15, -0.1) is 0 Å². The summed E-state index contributed by atoms with van der Waals surface area (Å²) in [5.74, 6) is 1.24. The summed E-state index contributed by atoms with van der Waals surface area (Å²) >= 11 is 9.09. The Labute approximate surface area is 169 Å². The minimum Gasteiger partial charge on any atom is -0.490 e. The summed E-state index contributed by atoms with van der Waals surface area (Å²) in [6.45, 7) is 4.85. The molecule has 1 N–H and O–H groups in total. The quantitative estimate of drug-likeness (QED) is 0.374. The van der Waals surface area contributed by atoms with Crippen LogP contribution in [-0.2, 0) is 0 Å². The molecule has 2 aromatic heterocycles. The molecule has 1 aliphatic heterocycles. The Balaban J connectivity index is 1.89. The Morgan fingerprint density at radius 3 is 2.56 bits per heavy atom. The van der Waals surface area contributed by atoms with E-state index in [4.69, 9.17) is 21.1 Å². The highest BCUT2D eigenvalue weighted by molar-refractivity contribution is 7.99. The van der Waals surface area contributed by atoms with Gasteiger partial charge in [-0.25, -0.2) is 15.0 Å². The van der Waals surface area contributed by atoms with Crippen LogP contribution >= 0.6 is 35.1 Å². The molecule has 0 spiro atoms. The molecule has 10 heteroatoms. The van der Waals surface area contributed by atoms with Gasteiger partial charge in [-0.05, 0) is 31.9 Å². The van der Waals surface area contributed by atoms with Gasteiger partial charge < -0.3 is 14.6 Å². The van der Waals surface area contributed by atoms with Gasteiger partial charge in [-0.3, -0.25) is 4.57 Å². The Morgan fingerprint density at radius 1 is 1.19 bits per heavy atom. The van der Waals surface area contributed by atoms with E-state index in [-0.39, 0.29) is 5.15 Å². The molecular formula is C17H17ClN4O3S2. The van der Waals surface area contributed by atoms with Crippen LogP contribution in [0.1, 0.15) is 25.6 Å². The van der Waals surface area contributed by atoms with Gasteiger partial charge in [0, 0.05) is 12.1 Å². The molecule has 0 bridgehead atoms. The average Bonchev–Trinajstić information content (AvgIpc) is 2.99. The van der Waals surface area contributed by atoms with E-state index in [0.717, 1.165) is 5.52 Å². The topological polar surface area (TPSA) is 82.3 Å². The third-order valence-corrected chi connectivity index (χ3v) is 5.85. The van der Waals surface area contributed by atoms with Gasteiger partial charge in [0.2, 0.25) is 0 Å². The summed E-state index contributed by atoms with van der Waals surface area (Å²) in [4.78, 5) is 13.4. The highest BCUT2D eigenvalue weighted by atomic mass is 35.5. The fourth-order valence-electron chi connectivity index (χ4n) is 2.93. The maximum atomic E-state index is 11.0. The standard InChI is InChI=1S/C17H17ClN4O3S2/c1-4-24-10-6-8-9(7-11(10)25-5-2)22-15(23)12-13(18)20-16(26-3)21-14(12)27-17(22)19-8/h6-7,15,23H,4-5H2,1-3H3. The number of thioether (sulfide) groups is 1. The first-order valence-corrected chi connectivity index (χ1v) is 10.8. The molecule has 142 valence electrons. The molecule has 3 heterocycles. The first-order valence-electron chi connectivity index (χ1n) is 8.36. The first-order chi connectivity index (χ1) is 13.1. The zero-order chi connectivity index (χ0) is 19.1. The molecule has 0 fully saturated rings. The van der Waals surface area contributed by atoms with Gasteiger partial charge >= 0.3 is 0 Å². The number of imidazole rings is 1. The second kappa shape index (κ2) is 7.38. The van der Waals surface area contributed by atoms with Crippen molar-refractivity contribution in [2.24, 2.45) is 0 Å². The predicted molar refractivity (Wildman–Crippen MR) is 105 cm³/mol. The third kappa shape index (κ3) is 3.12. The summed E-state index contributed by atoms with van der Waals surface area (Å²) in [5.41, 5.74) is 1.91. The summed E-state index contributed by atoms with van der Waals surface area (Å²) in [5, 5.41) is 13.0. The summed E-state index contributed by atoms with van der Waals surface area (Å²) in [6, 6.07) is 3.66. The molecule has 7 nitrogen and oxygen atoms in total. The SMILES string of the molecule is CCOc1cc2nc3n(c2cc1OCC)C(O)c1c(Cl)nc(SC)nc1S3. The van der Waals surface area contributed by atoms with E-state index in [1.807, 2.05) is 32.2 Å². The van der Waals surface area contributed by atoms with Gasteiger partial charge in [0.1, 0.15) is 10.2 Å². The lowest BCUT2D eigenvalue weighted by molar-refractivity contribution is 0.134.